The van der Waals surface area contributed by atoms with Crippen LogP contribution in [-0.4, -0.2) is 4.57 Å². The Morgan fingerprint density at radius 1 is 1.40 bits per heavy atom. The fourth-order valence-electron chi connectivity index (χ4n) is 1.66. The van der Waals surface area contributed by atoms with Gasteiger partial charge in [-0.05, 0) is 6.07 Å². The molecule has 0 saturated carbocycles. The van der Waals surface area contributed by atoms with Gasteiger partial charge in [0, 0.05) is 23.7 Å². The molecule has 1 rings (SSSR count). The van der Waals surface area contributed by atoms with Gasteiger partial charge in [0.1, 0.15) is 0 Å². The van der Waals surface area contributed by atoms with Crippen LogP contribution in [0.5, 0.6) is 0 Å². The summed E-state index contributed by atoms with van der Waals surface area (Å²) in [6, 6.07) is 5.68. The Kier molecular flexibility index (Phi) is 2.99. The van der Waals surface area contributed by atoms with Crippen molar-refractivity contribution >= 4 is 0 Å². The van der Waals surface area contributed by atoms with Crippen LogP contribution >= 0.6 is 0 Å². The van der Waals surface area contributed by atoms with Gasteiger partial charge >= 0.3 is 0 Å². The Bertz CT molecular complexity index is 458. The van der Waals surface area contributed by atoms with Crippen LogP contribution in [0.1, 0.15) is 32.0 Å². The van der Waals surface area contributed by atoms with E-state index in [1.807, 2.05) is 12.1 Å². The maximum absolute atomic E-state index is 11.8. The summed E-state index contributed by atoms with van der Waals surface area (Å²) in [4.78, 5) is 11.8. The molecule has 0 aromatic carbocycles. The van der Waals surface area contributed by atoms with Gasteiger partial charge in [0.25, 0.3) is 5.56 Å². The highest BCUT2D eigenvalue weighted by Gasteiger charge is 2.18. The zero-order valence-electron chi connectivity index (χ0n) is 9.66. The van der Waals surface area contributed by atoms with E-state index in [2.05, 4.69) is 20.8 Å². The number of pyridine rings is 1. The van der Waals surface area contributed by atoms with Gasteiger partial charge in [-0.2, -0.15) is 5.26 Å². The van der Waals surface area contributed by atoms with Crippen LogP contribution < -0.4 is 5.56 Å². The molecule has 0 aliphatic heterocycles. The molecule has 1 heterocycles. The molecule has 80 valence electrons. The largest absolute Gasteiger partial charge is 0.315 e. The quantitative estimate of drug-likeness (QED) is 0.699. The van der Waals surface area contributed by atoms with Gasteiger partial charge in [0.05, 0.1) is 12.5 Å². The molecule has 0 N–H and O–H groups in total. The molecule has 0 saturated heterocycles. The molecule has 3 heteroatoms. The van der Waals surface area contributed by atoms with Gasteiger partial charge in [0.2, 0.25) is 0 Å². The molecule has 0 unspecified atom stereocenters. The molecule has 0 fully saturated rings. The van der Waals surface area contributed by atoms with E-state index in [1.165, 1.54) is 0 Å². The standard InChI is InChI=1S/C12H16N2O/c1-12(2,3)10-6-5-9(7-8-13)11(15)14(10)4/h5-6H,7H2,1-4H3. The minimum absolute atomic E-state index is 0.0565. The average Bonchev–Trinajstić information content (AvgIpc) is 2.11. The Hall–Kier alpha value is -1.56. The highest BCUT2D eigenvalue weighted by atomic mass is 16.1. The van der Waals surface area contributed by atoms with Gasteiger partial charge in [-0.25, -0.2) is 0 Å². The highest BCUT2D eigenvalue weighted by Crippen LogP contribution is 2.20. The minimum Gasteiger partial charge on any atom is -0.315 e. The van der Waals surface area contributed by atoms with Crippen LogP contribution in [0.3, 0.4) is 0 Å². The first-order valence-corrected chi connectivity index (χ1v) is 4.94. The molecule has 1 aromatic heterocycles. The normalized spacial score (nSPS) is 11.1. The second-order valence-electron chi connectivity index (χ2n) is 4.69. The van der Waals surface area contributed by atoms with Gasteiger partial charge in [0.15, 0.2) is 0 Å². The van der Waals surface area contributed by atoms with Crippen LogP contribution in [0.4, 0.5) is 0 Å². The Morgan fingerprint density at radius 2 is 2.00 bits per heavy atom. The van der Waals surface area contributed by atoms with E-state index in [9.17, 15) is 4.79 Å². The van der Waals surface area contributed by atoms with E-state index in [0.717, 1.165) is 5.69 Å². The van der Waals surface area contributed by atoms with E-state index >= 15 is 0 Å². The molecular formula is C12H16N2O. The number of hydrogen-bond donors (Lipinski definition) is 0. The Labute approximate surface area is 90.0 Å². The van der Waals surface area contributed by atoms with Crippen molar-refractivity contribution in [2.24, 2.45) is 7.05 Å². The first-order valence-electron chi connectivity index (χ1n) is 4.94. The predicted molar refractivity (Wildman–Crippen MR) is 59.7 cm³/mol. The summed E-state index contributed by atoms with van der Waals surface area (Å²) in [7, 11) is 1.75. The third-order valence-corrected chi connectivity index (χ3v) is 2.42. The summed E-state index contributed by atoms with van der Waals surface area (Å²) in [5.74, 6) is 0. The van der Waals surface area contributed by atoms with Crippen molar-refractivity contribution < 1.29 is 0 Å². The molecule has 0 aliphatic carbocycles. The smallest absolute Gasteiger partial charge is 0.254 e. The molecule has 3 nitrogen and oxygen atoms in total. The van der Waals surface area contributed by atoms with Gasteiger partial charge in [-0.15, -0.1) is 0 Å². The van der Waals surface area contributed by atoms with E-state index in [4.69, 9.17) is 5.26 Å². The lowest BCUT2D eigenvalue weighted by molar-refractivity contribution is 0.529. The van der Waals surface area contributed by atoms with Crippen molar-refractivity contribution in [3.05, 3.63) is 33.7 Å². The number of hydrogen-bond acceptors (Lipinski definition) is 2. The van der Waals surface area contributed by atoms with Crippen molar-refractivity contribution in [1.82, 2.24) is 4.57 Å². The predicted octanol–water partition coefficient (Wildman–Crippen LogP) is 1.75. The third-order valence-electron chi connectivity index (χ3n) is 2.42. The molecule has 0 spiro atoms. The second kappa shape index (κ2) is 3.90. The summed E-state index contributed by atoms with van der Waals surface area (Å²) in [6.45, 7) is 6.18. The van der Waals surface area contributed by atoms with Gasteiger partial charge in [-0.1, -0.05) is 26.8 Å². The van der Waals surface area contributed by atoms with E-state index in [0.29, 0.717) is 5.56 Å². The van der Waals surface area contributed by atoms with Crippen molar-refractivity contribution in [2.45, 2.75) is 32.6 Å². The van der Waals surface area contributed by atoms with Crippen LogP contribution in [0.25, 0.3) is 0 Å². The molecule has 1 aromatic rings. The molecule has 0 bridgehead atoms. The summed E-state index contributed by atoms with van der Waals surface area (Å²) < 4.78 is 1.63. The summed E-state index contributed by atoms with van der Waals surface area (Å²) in [6.07, 6.45) is 0.178. The zero-order chi connectivity index (χ0) is 11.6. The van der Waals surface area contributed by atoms with E-state index < -0.39 is 0 Å². The van der Waals surface area contributed by atoms with Gasteiger partial charge < -0.3 is 4.57 Å². The molecule has 0 radical (unpaired) electrons. The lowest BCUT2D eigenvalue weighted by Crippen LogP contribution is -2.29. The van der Waals surface area contributed by atoms with Crippen molar-refractivity contribution in [1.29, 1.82) is 5.26 Å². The maximum atomic E-state index is 11.8. The fraction of sp³-hybridized carbons (Fsp3) is 0.500. The molecular weight excluding hydrogens is 188 g/mol. The second-order valence-corrected chi connectivity index (χ2v) is 4.69. The number of nitriles is 1. The van der Waals surface area contributed by atoms with Crippen molar-refractivity contribution in [3.8, 4) is 6.07 Å². The van der Waals surface area contributed by atoms with Crippen molar-refractivity contribution in [3.63, 3.8) is 0 Å². The van der Waals surface area contributed by atoms with Crippen LogP contribution in [0.2, 0.25) is 0 Å². The van der Waals surface area contributed by atoms with Crippen LogP contribution in [0.15, 0.2) is 16.9 Å². The SMILES string of the molecule is Cn1c(C(C)(C)C)ccc(CC#N)c1=O. The minimum atomic E-state index is -0.0658. The van der Waals surface area contributed by atoms with Gasteiger partial charge in [-0.3, -0.25) is 4.79 Å². The average molecular weight is 204 g/mol. The summed E-state index contributed by atoms with van der Waals surface area (Å²) in [5, 5.41) is 8.57. The monoisotopic (exact) mass is 204 g/mol. The lowest BCUT2D eigenvalue weighted by Gasteiger charge is -2.22. The fourth-order valence-corrected chi connectivity index (χ4v) is 1.66. The Morgan fingerprint density at radius 3 is 2.47 bits per heavy atom. The lowest BCUT2D eigenvalue weighted by atomic mass is 9.91. The topological polar surface area (TPSA) is 45.8 Å². The molecule has 0 aliphatic rings. The number of nitrogens with zero attached hydrogens (tertiary/aromatic N) is 2. The number of aromatic nitrogens is 1. The number of rotatable bonds is 1. The maximum Gasteiger partial charge on any atom is 0.254 e. The van der Waals surface area contributed by atoms with Crippen molar-refractivity contribution in [2.75, 3.05) is 0 Å². The van der Waals surface area contributed by atoms with E-state index in [1.54, 1.807) is 17.7 Å². The first-order chi connectivity index (χ1) is 6.88. The zero-order valence-corrected chi connectivity index (χ0v) is 9.66. The molecule has 0 atom stereocenters. The summed E-state index contributed by atoms with van der Waals surface area (Å²) >= 11 is 0. The van der Waals surface area contributed by atoms with Crippen LogP contribution in [-0.2, 0) is 18.9 Å². The highest BCUT2D eigenvalue weighted by molar-refractivity contribution is 5.22. The Balaban J connectivity index is 3.36. The first kappa shape index (κ1) is 11.5. The third kappa shape index (κ3) is 2.27. The summed E-state index contributed by atoms with van der Waals surface area (Å²) in [5.41, 5.74) is 1.42. The van der Waals surface area contributed by atoms with E-state index in [-0.39, 0.29) is 17.4 Å². The molecule has 15 heavy (non-hydrogen) atoms. The molecule has 0 amide bonds. The van der Waals surface area contributed by atoms with Crippen LogP contribution in [0, 0.1) is 11.3 Å².